The van der Waals surface area contributed by atoms with Crippen LogP contribution in [0.1, 0.15) is 245 Å². The Morgan fingerprint density at radius 1 is 0.528 bits per heavy atom. The molecule has 0 aromatic rings. The smallest absolute Gasteiger partial charge is 0.397 e. The van der Waals surface area contributed by atoms with E-state index in [-0.39, 0.29) is 19.6 Å². The quantitative estimate of drug-likeness (QED) is 0.0196. The molecule has 1 aliphatic rings. The van der Waals surface area contributed by atoms with Gasteiger partial charge in [-0.3, -0.25) is 9.35 Å². The fraction of sp³-hybridized carbons (Fsp3) is 0.814. The highest BCUT2D eigenvalue weighted by Crippen LogP contribution is 2.26. The van der Waals surface area contributed by atoms with E-state index in [1.807, 2.05) is 0 Å². The minimum Gasteiger partial charge on any atom is -0.457 e. The number of carbonyl (C=O) groups excluding carboxylic acids is 1. The highest BCUT2D eigenvalue weighted by molar-refractivity contribution is 7.80. The van der Waals surface area contributed by atoms with Crippen LogP contribution in [0, 0.1) is 0 Å². The molecular formula is C59H106O12S. The van der Waals surface area contributed by atoms with Crippen LogP contribution in [0.15, 0.2) is 60.8 Å². The molecule has 1 saturated heterocycles. The van der Waals surface area contributed by atoms with Gasteiger partial charge in [-0.05, 0) is 83.5 Å². The van der Waals surface area contributed by atoms with Crippen molar-refractivity contribution in [3.63, 3.8) is 0 Å². The topological polar surface area (TPSA) is 178 Å². The molecule has 72 heavy (non-hydrogen) atoms. The van der Waals surface area contributed by atoms with Crippen LogP contribution in [0.2, 0.25) is 0 Å². The fourth-order valence-electron chi connectivity index (χ4n) is 8.71. The van der Waals surface area contributed by atoms with Crippen molar-refractivity contribution in [3.05, 3.63) is 60.8 Å². The van der Waals surface area contributed by atoms with Crippen molar-refractivity contribution in [2.75, 3.05) is 26.4 Å². The maximum Gasteiger partial charge on any atom is 0.397 e. The van der Waals surface area contributed by atoms with Gasteiger partial charge in [-0.2, -0.15) is 8.42 Å². The van der Waals surface area contributed by atoms with E-state index in [4.69, 9.17) is 18.9 Å². The normalized spacial score (nSPS) is 19.3. The van der Waals surface area contributed by atoms with E-state index < -0.39 is 59.8 Å². The Bertz CT molecular complexity index is 1480. The number of aliphatic hydroxyl groups is 3. The molecule has 0 aromatic heterocycles. The van der Waals surface area contributed by atoms with Crippen LogP contribution in [0.5, 0.6) is 0 Å². The summed E-state index contributed by atoms with van der Waals surface area (Å²) in [5, 5.41) is 30.8. The molecule has 0 aliphatic carbocycles. The van der Waals surface area contributed by atoms with Crippen molar-refractivity contribution in [2.45, 2.75) is 282 Å². The number of carbonyl (C=O) groups is 1. The lowest BCUT2D eigenvalue weighted by Crippen LogP contribution is -2.60. The summed E-state index contributed by atoms with van der Waals surface area (Å²) >= 11 is 0. The van der Waals surface area contributed by atoms with E-state index in [1.54, 1.807) is 0 Å². The first-order valence-corrected chi connectivity index (χ1v) is 30.4. The van der Waals surface area contributed by atoms with Gasteiger partial charge in [-0.15, -0.1) is 0 Å². The molecule has 0 spiro atoms. The molecule has 1 rings (SSSR count). The van der Waals surface area contributed by atoms with E-state index in [1.165, 1.54) is 154 Å². The molecule has 13 heteroatoms. The Labute approximate surface area is 439 Å². The maximum atomic E-state index is 13.0. The summed E-state index contributed by atoms with van der Waals surface area (Å²) in [6, 6.07) is 0. The first kappa shape index (κ1) is 67.8. The molecule has 0 amide bonds. The lowest BCUT2D eigenvalue weighted by molar-refractivity contribution is -0.301. The van der Waals surface area contributed by atoms with Crippen molar-refractivity contribution in [1.29, 1.82) is 0 Å². The third-order valence-electron chi connectivity index (χ3n) is 13.1. The van der Waals surface area contributed by atoms with Crippen molar-refractivity contribution >= 4 is 16.4 Å². The number of hydrogen-bond acceptors (Lipinski definition) is 11. The first-order valence-electron chi connectivity index (χ1n) is 29.0. The van der Waals surface area contributed by atoms with Gasteiger partial charge in [-0.1, -0.05) is 216 Å². The zero-order valence-corrected chi connectivity index (χ0v) is 46.3. The largest absolute Gasteiger partial charge is 0.457 e. The lowest BCUT2D eigenvalue weighted by atomic mass is 9.99. The SMILES string of the molecule is CCCCC/C=C\C/C=C\CCCCCCCCCCCCOCC(COC1OC(CO)C(O)C(OS(=O)(=O)O)C1O)OC(=O)CCCCCCCCCCCC/C=C\C/C=C\C/C=C\CCCCCCC. The van der Waals surface area contributed by atoms with E-state index in [9.17, 15) is 33.1 Å². The second-order valence-electron chi connectivity index (χ2n) is 19.9. The number of rotatable bonds is 51. The Morgan fingerprint density at radius 3 is 1.36 bits per heavy atom. The Kier molecular flexibility index (Phi) is 46.8. The average Bonchev–Trinajstić information content (AvgIpc) is 3.36. The van der Waals surface area contributed by atoms with Gasteiger partial charge >= 0.3 is 16.4 Å². The molecule has 12 nitrogen and oxygen atoms in total. The summed E-state index contributed by atoms with van der Waals surface area (Å²) in [5.74, 6) is -0.403. The predicted molar refractivity (Wildman–Crippen MR) is 294 cm³/mol. The first-order chi connectivity index (χ1) is 35.1. The van der Waals surface area contributed by atoms with Gasteiger partial charge in [-0.25, -0.2) is 4.18 Å². The van der Waals surface area contributed by atoms with Crippen LogP contribution in [0.3, 0.4) is 0 Å². The fourth-order valence-corrected chi connectivity index (χ4v) is 9.22. The molecule has 0 saturated carbocycles. The van der Waals surface area contributed by atoms with Gasteiger partial charge in [0.15, 0.2) is 6.29 Å². The summed E-state index contributed by atoms with van der Waals surface area (Å²) in [4.78, 5) is 13.0. The number of unbranched alkanes of at least 4 members (excludes halogenated alkanes) is 28. The van der Waals surface area contributed by atoms with E-state index in [0.29, 0.717) is 13.0 Å². The Balaban J connectivity index is 2.30. The molecular weight excluding hydrogens is 933 g/mol. The van der Waals surface area contributed by atoms with Crippen molar-refractivity contribution in [2.24, 2.45) is 0 Å². The molecule has 0 radical (unpaired) electrons. The van der Waals surface area contributed by atoms with Gasteiger partial charge in [0, 0.05) is 13.0 Å². The summed E-state index contributed by atoms with van der Waals surface area (Å²) in [6.45, 7) is 3.97. The summed E-state index contributed by atoms with van der Waals surface area (Å²) in [5.41, 5.74) is 0. The van der Waals surface area contributed by atoms with Gasteiger partial charge < -0.3 is 34.3 Å². The van der Waals surface area contributed by atoms with Crippen molar-refractivity contribution in [3.8, 4) is 0 Å². The molecule has 420 valence electrons. The van der Waals surface area contributed by atoms with Crippen molar-refractivity contribution < 1.29 is 56.2 Å². The van der Waals surface area contributed by atoms with Crippen LogP contribution in [0.25, 0.3) is 0 Å². The van der Waals surface area contributed by atoms with Crippen LogP contribution in [-0.4, -0.2) is 97.5 Å². The molecule has 1 heterocycles. The highest BCUT2D eigenvalue weighted by atomic mass is 32.3. The van der Waals surface area contributed by atoms with E-state index in [0.717, 1.165) is 64.2 Å². The van der Waals surface area contributed by atoms with Gasteiger partial charge in [0.05, 0.1) is 19.8 Å². The standard InChI is InChI=1S/C59H106O12S/c1-3-5-7-9-11-13-15-17-19-21-23-25-26-27-28-29-30-32-34-36-38-40-42-44-46-48-55(61)69-53(52-68-59-57(63)58(71-72(64,65)66)56(62)54(50-60)70-59)51-67-49-47-45-43-41-39-37-35-33-31-24-22-20-18-16-14-12-10-8-6-4-2/h12,14-15,17-18,20-21,23,26-27,53-54,56-60,62-63H,3-11,13,16,19,22,24-25,28-52H2,1-2H3,(H,64,65,66)/b14-12-,17-15-,20-18-,23-21-,27-26-. The Hall–Kier alpha value is -2.20. The van der Waals surface area contributed by atoms with E-state index >= 15 is 0 Å². The second-order valence-corrected chi connectivity index (χ2v) is 20.9. The zero-order chi connectivity index (χ0) is 52.4. The van der Waals surface area contributed by atoms with Crippen LogP contribution in [0.4, 0.5) is 0 Å². The molecule has 6 atom stereocenters. The van der Waals surface area contributed by atoms with Crippen LogP contribution < -0.4 is 0 Å². The number of aliphatic hydroxyl groups excluding tert-OH is 3. The average molecular weight is 1040 g/mol. The highest BCUT2D eigenvalue weighted by Gasteiger charge is 2.48. The summed E-state index contributed by atoms with van der Waals surface area (Å²) < 4.78 is 59.4. The second kappa shape index (κ2) is 49.7. The minimum atomic E-state index is -5.07. The molecule has 0 bridgehead atoms. The third-order valence-corrected chi connectivity index (χ3v) is 13.6. The number of ether oxygens (including phenoxy) is 4. The third kappa shape index (κ3) is 42.1. The molecule has 1 fully saturated rings. The molecule has 6 unspecified atom stereocenters. The summed E-state index contributed by atoms with van der Waals surface area (Å²) in [7, 11) is -5.07. The van der Waals surface area contributed by atoms with Gasteiger partial charge in [0.25, 0.3) is 0 Å². The number of allylic oxidation sites excluding steroid dienone is 10. The minimum absolute atomic E-state index is 0.0312. The lowest BCUT2D eigenvalue weighted by Gasteiger charge is -2.41. The van der Waals surface area contributed by atoms with Gasteiger partial charge in [0.1, 0.15) is 30.5 Å². The molecule has 1 aliphatic heterocycles. The molecule has 0 aromatic carbocycles. The zero-order valence-electron chi connectivity index (χ0n) is 45.5. The van der Waals surface area contributed by atoms with E-state index in [2.05, 4.69) is 78.8 Å². The van der Waals surface area contributed by atoms with Crippen molar-refractivity contribution in [1.82, 2.24) is 0 Å². The Morgan fingerprint density at radius 2 is 0.917 bits per heavy atom. The number of hydrogen-bond donors (Lipinski definition) is 4. The monoisotopic (exact) mass is 1040 g/mol. The van der Waals surface area contributed by atoms with Crippen LogP contribution in [-0.2, 0) is 38.3 Å². The van der Waals surface area contributed by atoms with Crippen LogP contribution >= 0.6 is 0 Å². The maximum absolute atomic E-state index is 13.0. The number of esters is 1. The molecule has 4 N–H and O–H groups in total. The van der Waals surface area contributed by atoms with Gasteiger partial charge in [0.2, 0.25) is 0 Å². The predicted octanol–water partition coefficient (Wildman–Crippen LogP) is 14.4. The summed E-state index contributed by atoms with van der Waals surface area (Å²) in [6.07, 6.45) is 55.3.